The molecule has 3 aromatic heterocycles. The maximum absolute atomic E-state index is 12.8. The monoisotopic (exact) mass is 361 g/mol. The summed E-state index contributed by atoms with van der Waals surface area (Å²) in [6.07, 6.45) is -1.52. The second kappa shape index (κ2) is 5.45. The molecule has 0 atom stereocenters. The van der Waals surface area contributed by atoms with Gasteiger partial charge in [-0.1, -0.05) is 11.8 Å². The minimum Gasteiger partial charge on any atom is -0.257 e. The molecule has 0 aliphatic rings. The van der Waals surface area contributed by atoms with Crippen molar-refractivity contribution in [3.8, 4) is 0 Å². The molecule has 3 rings (SSSR count). The molecule has 0 radical (unpaired) electrons. The molecule has 0 unspecified atom stereocenters. The van der Waals surface area contributed by atoms with Crippen LogP contribution in [0.3, 0.4) is 0 Å². The highest BCUT2D eigenvalue weighted by Crippen LogP contribution is 2.37. The van der Waals surface area contributed by atoms with Gasteiger partial charge in [-0.3, -0.25) is 10.1 Å². The van der Waals surface area contributed by atoms with Crippen molar-refractivity contribution in [2.24, 2.45) is 0 Å². The number of nitro groups is 1. The van der Waals surface area contributed by atoms with Crippen LogP contribution in [0.15, 0.2) is 28.0 Å². The lowest BCUT2D eigenvalue weighted by Crippen LogP contribution is -2.15. The molecule has 0 saturated carbocycles. The van der Waals surface area contributed by atoms with E-state index >= 15 is 0 Å². The highest BCUT2D eigenvalue weighted by molar-refractivity contribution is 8.01. The third-order valence-electron chi connectivity index (χ3n) is 2.89. The summed E-state index contributed by atoms with van der Waals surface area (Å²) in [5.41, 5.74) is 0.337. The predicted molar refractivity (Wildman–Crippen MR) is 76.5 cm³/mol. The Balaban J connectivity index is 1.99. The molecule has 0 fully saturated rings. The number of fused-ring (bicyclic) bond motifs is 1. The zero-order valence-corrected chi connectivity index (χ0v) is 12.9. The van der Waals surface area contributed by atoms with Crippen LogP contribution in [-0.4, -0.2) is 24.4 Å². The fourth-order valence-corrected chi connectivity index (χ4v) is 3.63. The third-order valence-corrected chi connectivity index (χ3v) is 5.05. The van der Waals surface area contributed by atoms with Gasteiger partial charge in [0.15, 0.2) is 9.99 Å². The Morgan fingerprint density at radius 2 is 2.04 bits per heavy atom. The molecule has 0 N–H and O–H groups in total. The van der Waals surface area contributed by atoms with Crippen LogP contribution >= 0.6 is 23.1 Å². The second-order valence-electron chi connectivity index (χ2n) is 4.33. The topological polar surface area (TPSA) is 86.7 Å². The van der Waals surface area contributed by atoms with E-state index in [4.69, 9.17) is 0 Å². The van der Waals surface area contributed by atoms with Crippen LogP contribution in [0, 0.1) is 17.0 Å². The quantitative estimate of drug-likeness (QED) is 0.522. The van der Waals surface area contributed by atoms with Crippen molar-refractivity contribution in [2.75, 3.05) is 0 Å². The molecule has 0 spiro atoms. The van der Waals surface area contributed by atoms with Gasteiger partial charge in [0.1, 0.15) is 18.0 Å². The molecule has 7 nitrogen and oxygen atoms in total. The summed E-state index contributed by atoms with van der Waals surface area (Å²) in [5, 5.41) is 10.5. The second-order valence-corrected chi connectivity index (χ2v) is 6.62. The molecule has 0 saturated heterocycles. The third kappa shape index (κ3) is 2.86. The van der Waals surface area contributed by atoms with E-state index in [9.17, 15) is 23.3 Å². The number of aryl methyl sites for hydroxylation is 1. The van der Waals surface area contributed by atoms with Gasteiger partial charge in [0.25, 0.3) is 0 Å². The lowest BCUT2D eigenvalue weighted by molar-refractivity contribution is -0.380. The number of hydrogen-bond acceptors (Lipinski definition) is 7. The molecule has 12 heteroatoms. The molecule has 0 amide bonds. The van der Waals surface area contributed by atoms with E-state index in [-0.39, 0.29) is 20.7 Å². The first-order chi connectivity index (χ1) is 10.8. The molecule has 0 bridgehead atoms. The highest BCUT2D eigenvalue weighted by Gasteiger charge is 2.33. The van der Waals surface area contributed by atoms with Crippen molar-refractivity contribution >= 4 is 39.3 Å². The minimum atomic E-state index is -4.60. The Labute approximate surface area is 134 Å². The van der Waals surface area contributed by atoms with E-state index in [0.29, 0.717) is 21.1 Å². The molecule has 3 heterocycles. The van der Waals surface area contributed by atoms with Gasteiger partial charge in [0, 0.05) is 11.1 Å². The van der Waals surface area contributed by atoms with Crippen molar-refractivity contribution in [1.82, 2.24) is 19.5 Å². The van der Waals surface area contributed by atoms with Gasteiger partial charge in [-0.15, -0.1) is 13.2 Å². The van der Waals surface area contributed by atoms with Crippen molar-refractivity contribution in [2.45, 2.75) is 22.5 Å². The van der Waals surface area contributed by atoms with Gasteiger partial charge in [-0.25, -0.2) is 19.5 Å². The van der Waals surface area contributed by atoms with Gasteiger partial charge >= 0.3 is 11.3 Å². The average Bonchev–Trinajstić information content (AvgIpc) is 3.08. The van der Waals surface area contributed by atoms with E-state index < -0.39 is 11.2 Å². The summed E-state index contributed by atoms with van der Waals surface area (Å²) >= 11 is 1.97. The minimum absolute atomic E-state index is 0.0397. The summed E-state index contributed by atoms with van der Waals surface area (Å²) in [7, 11) is 0. The number of thiazole rings is 1. The maximum atomic E-state index is 12.8. The van der Waals surface area contributed by atoms with Crippen molar-refractivity contribution in [1.29, 1.82) is 0 Å². The Bertz CT molecular complexity index is 905. The van der Waals surface area contributed by atoms with Crippen LogP contribution in [0.2, 0.25) is 0 Å². The summed E-state index contributed by atoms with van der Waals surface area (Å²) in [4.78, 5) is 22.1. The lowest BCUT2D eigenvalue weighted by Gasteiger charge is -2.08. The largest absolute Gasteiger partial charge is 0.491 e. The van der Waals surface area contributed by atoms with Gasteiger partial charge in [0.05, 0.1) is 4.92 Å². The van der Waals surface area contributed by atoms with Crippen molar-refractivity contribution < 1.29 is 18.1 Å². The standard InChI is InChI=1S/C11H6F3N5O2S2/c1-5-6(22-10-16-3-7(23-10)19(20)21)2-15-9-8(5)17-4-18(9)11(12,13)14/h2-4H,1H3. The summed E-state index contributed by atoms with van der Waals surface area (Å²) in [6.45, 7) is 1.61. The lowest BCUT2D eigenvalue weighted by atomic mass is 10.3. The van der Waals surface area contributed by atoms with E-state index in [1.807, 2.05) is 0 Å². The Morgan fingerprint density at radius 3 is 2.65 bits per heavy atom. The number of imidazole rings is 1. The van der Waals surface area contributed by atoms with Crippen LogP contribution in [0.5, 0.6) is 0 Å². The Hall–Kier alpha value is -2.21. The summed E-state index contributed by atoms with van der Waals surface area (Å²) < 4.78 is 38.9. The number of pyridine rings is 1. The van der Waals surface area contributed by atoms with Crippen LogP contribution in [-0.2, 0) is 6.30 Å². The number of hydrogen-bond donors (Lipinski definition) is 0. The van der Waals surface area contributed by atoms with Gasteiger partial charge in [-0.05, 0) is 23.8 Å². The predicted octanol–water partition coefficient (Wildman–Crippen LogP) is 3.73. The molecule has 0 aliphatic carbocycles. The summed E-state index contributed by atoms with van der Waals surface area (Å²) in [6, 6.07) is 0. The number of aromatic nitrogens is 4. The van der Waals surface area contributed by atoms with Crippen LogP contribution in [0.4, 0.5) is 18.2 Å². The SMILES string of the molecule is Cc1c(Sc2ncc([N+](=O)[O-])s2)cnc2c1ncn2C(F)(F)F. The summed E-state index contributed by atoms with van der Waals surface area (Å²) in [5.74, 6) is 0. The first-order valence-corrected chi connectivity index (χ1v) is 7.58. The molecule has 120 valence electrons. The smallest absolute Gasteiger partial charge is 0.257 e. The number of rotatable bonds is 3. The van der Waals surface area contributed by atoms with Crippen molar-refractivity contribution in [3.05, 3.63) is 34.4 Å². The normalized spacial score (nSPS) is 12.0. The molecule has 23 heavy (non-hydrogen) atoms. The van der Waals surface area contributed by atoms with Gasteiger partial charge in [-0.2, -0.15) is 0 Å². The average molecular weight is 361 g/mol. The zero-order valence-electron chi connectivity index (χ0n) is 11.2. The molecule has 0 aliphatic heterocycles. The van der Waals surface area contributed by atoms with E-state index in [0.717, 1.165) is 29.3 Å². The number of halogens is 3. The number of alkyl halides is 3. The van der Waals surface area contributed by atoms with E-state index in [2.05, 4.69) is 15.0 Å². The first kappa shape index (κ1) is 15.7. The maximum Gasteiger partial charge on any atom is 0.491 e. The van der Waals surface area contributed by atoms with Crippen LogP contribution < -0.4 is 0 Å². The fraction of sp³-hybridized carbons (Fsp3) is 0.182. The van der Waals surface area contributed by atoms with Gasteiger partial charge in [0.2, 0.25) is 0 Å². The zero-order chi connectivity index (χ0) is 16.8. The van der Waals surface area contributed by atoms with E-state index in [1.165, 1.54) is 6.20 Å². The molecule has 0 aromatic carbocycles. The Morgan fingerprint density at radius 1 is 1.30 bits per heavy atom. The molecular weight excluding hydrogens is 355 g/mol. The van der Waals surface area contributed by atoms with Crippen molar-refractivity contribution in [3.63, 3.8) is 0 Å². The van der Waals surface area contributed by atoms with Gasteiger partial charge < -0.3 is 0 Å². The molecule has 3 aromatic rings. The highest BCUT2D eigenvalue weighted by atomic mass is 32.2. The Kier molecular flexibility index (Phi) is 3.72. The first-order valence-electron chi connectivity index (χ1n) is 5.95. The molecular formula is C11H6F3N5O2S2. The van der Waals surface area contributed by atoms with E-state index in [1.54, 1.807) is 6.92 Å². The van der Waals surface area contributed by atoms with Crippen LogP contribution in [0.1, 0.15) is 5.56 Å². The van der Waals surface area contributed by atoms with Crippen LogP contribution in [0.25, 0.3) is 11.2 Å². The number of nitrogens with zero attached hydrogens (tertiary/aromatic N) is 5. The fourth-order valence-electron chi connectivity index (χ4n) is 1.83.